The van der Waals surface area contributed by atoms with Gasteiger partial charge in [0.05, 0.1) is 0 Å². The Bertz CT molecular complexity index is 42.2. The van der Waals surface area contributed by atoms with Crippen LogP contribution in [0.3, 0.4) is 0 Å². The van der Waals surface area contributed by atoms with Gasteiger partial charge in [-0.1, -0.05) is 48.3 Å². The van der Waals surface area contributed by atoms with Crippen LogP contribution in [0.15, 0.2) is 0 Å². The van der Waals surface area contributed by atoms with Crippen molar-refractivity contribution in [1.29, 1.82) is 0 Å². The molecular formula is C7H15BBr. The molecule has 0 fully saturated rings. The molecule has 0 amide bonds. The van der Waals surface area contributed by atoms with Gasteiger partial charge in [0.2, 0.25) is 0 Å². The van der Waals surface area contributed by atoms with Crippen LogP contribution in [0.25, 0.3) is 0 Å². The smallest absolute Gasteiger partial charge is 0.0928 e. The first-order chi connectivity index (χ1) is 4.41. The fourth-order valence-corrected chi connectivity index (χ4v) is 1.19. The van der Waals surface area contributed by atoms with Gasteiger partial charge >= 0.3 is 0 Å². The molecule has 0 spiro atoms. The summed E-state index contributed by atoms with van der Waals surface area (Å²) < 4.78 is 0. The average Bonchev–Trinajstić information content (AvgIpc) is 1.89. The predicted molar refractivity (Wildman–Crippen MR) is 48.7 cm³/mol. The van der Waals surface area contributed by atoms with E-state index in [1.54, 1.807) is 0 Å². The predicted octanol–water partition coefficient (Wildman–Crippen LogP) is 3.11. The molecule has 0 heterocycles. The second-order valence-electron chi connectivity index (χ2n) is 2.30. The monoisotopic (exact) mass is 189 g/mol. The lowest BCUT2D eigenvalue weighted by Gasteiger charge is -1.95. The molecule has 0 atom stereocenters. The molecule has 0 unspecified atom stereocenters. The van der Waals surface area contributed by atoms with Crippen molar-refractivity contribution in [3.8, 4) is 0 Å². The van der Waals surface area contributed by atoms with E-state index in [-0.39, 0.29) is 0 Å². The molecule has 53 valence electrons. The summed E-state index contributed by atoms with van der Waals surface area (Å²) in [5.41, 5.74) is 0. The number of rotatable bonds is 6. The standard InChI is InChI=1S/C7H15BBr/c1-8-6-4-2-3-5-7-9/h2-7H2,1H3. The Morgan fingerprint density at radius 2 is 1.78 bits per heavy atom. The van der Waals surface area contributed by atoms with Crippen LogP contribution in [0.2, 0.25) is 13.1 Å². The maximum atomic E-state index is 3.41. The lowest BCUT2D eigenvalue weighted by Crippen LogP contribution is -1.82. The van der Waals surface area contributed by atoms with Gasteiger partial charge < -0.3 is 0 Å². The molecule has 1 radical (unpaired) electrons. The first-order valence-corrected chi connectivity index (χ1v) is 4.87. The molecule has 0 aromatic carbocycles. The van der Waals surface area contributed by atoms with Gasteiger partial charge in [0, 0.05) is 5.33 Å². The largest absolute Gasteiger partial charge is 0.105 e. The lowest BCUT2D eigenvalue weighted by molar-refractivity contribution is 0.706. The van der Waals surface area contributed by atoms with Crippen molar-refractivity contribution in [1.82, 2.24) is 0 Å². The molecule has 2 heteroatoms. The zero-order valence-corrected chi connectivity index (χ0v) is 7.78. The molecule has 9 heavy (non-hydrogen) atoms. The van der Waals surface area contributed by atoms with E-state index in [1.807, 2.05) is 0 Å². The highest BCUT2D eigenvalue weighted by molar-refractivity contribution is 9.09. The van der Waals surface area contributed by atoms with Crippen molar-refractivity contribution in [2.75, 3.05) is 5.33 Å². The Morgan fingerprint density at radius 1 is 1.11 bits per heavy atom. The highest BCUT2D eigenvalue weighted by atomic mass is 79.9. The molecule has 0 saturated carbocycles. The Labute approximate surface area is 67.8 Å². The molecule has 0 aromatic heterocycles. The van der Waals surface area contributed by atoms with Crippen LogP contribution >= 0.6 is 15.9 Å². The maximum absolute atomic E-state index is 3.41. The molecule has 0 rings (SSSR count). The highest BCUT2D eigenvalue weighted by Gasteiger charge is 1.87. The molecule has 0 aliphatic carbocycles. The maximum Gasteiger partial charge on any atom is 0.105 e. The van der Waals surface area contributed by atoms with E-state index < -0.39 is 0 Å². The molecule has 0 nitrogen and oxygen atoms in total. The van der Waals surface area contributed by atoms with Gasteiger partial charge in [-0.05, 0) is 6.42 Å². The van der Waals surface area contributed by atoms with E-state index in [0.29, 0.717) is 0 Å². The minimum Gasteiger partial charge on any atom is -0.0928 e. The van der Waals surface area contributed by atoms with Crippen molar-refractivity contribution < 1.29 is 0 Å². The summed E-state index contributed by atoms with van der Waals surface area (Å²) in [5.74, 6) is 0. The van der Waals surface area contributed by atoms with Crippen LogP contribution in [0.1, 0.15) is 25.7 Å². The number of alkyl halides is 1. The number of hydrogen-bond donors (Lipinski definition) is 0. The minimum absolute atomic E-state index is 1.17. The van der Waals surface area contributed by atoms with Crippen LogP contribution in [-0.2, 0) is 0 Å². The van der Waals surface area contributed by atoms with Crippen molar-refractivity contribution in [2.24, 2.45) is 0 Å². The summed E-state index contributed by atoms with van der Waals surface area (Å²) in [5, 5.41) is 1.17. The molecule has 0 aliphatic heterocycles. The van der Waals surface area contributed by atoms with E-state index in [2.05, 4.69) is 30.0 Å². The molecule has 0 saturated heterocycles. The highest BCUT2D eigenvalue weighted by Crippen LogP contribution is 2.03. The van der Waals surface area contributed by atoms with E-state index in [9.17, 15) is 0 Å². The average molecular weight is 190 g/mol. The normalized spacial score (nSPS) is 9.56. The molecule has 0 bridgehead atoms. The Hall–Kier alpha value is 0.545. The summed E-state index contributed by atoms with van der Waals surface area (Å²) >= 11 is 3.41. The Balaban J connectivity index is 2.60. The Kier molecular flexibility index (Phi) is 9.06. The Morgan fingerprint density at radius 3 is 2.33 bits per heavy atom. The SMILES string of the molecule is C[B]CCCCCCBr. The van der Waals surface area contributed by atoms with Crippen LogP contribution in [0.5, 0.6) is 0 Å². The van der Waals surface area contributed by atoms with Crippen LogP contribution < -0.4 is 0 Å². The van der Waals surface area contributed by atoms with Gasteiger partial charge in [-0.2, -0.15) is 0 Å². The van der Waals surface area contributed by atoms with Gasteiger partial charge in [-0.25, -0.2) is 0 Å². The quantitative estimate of drug-likeness (QED) is 0.342. The van der Waals surface area contributed by atoms with E-state index in [1.165, 1.54) is 37.3 Å². The second kappa shape index (κ2) is 8.54. The zero-order valence-electron chi connectivity index (χ0n) is 6.20. The van der Waals surface area contributed by atoms with E-state index >= 15 is 0 Å². The summed E-state index contributed by atoms with van der Waals surface area (Å²) in [6.07, 6.45) is 6.80. The van der Waals surface area contributed by atoms with Crippen LogP contribution in [0, 0.1) is 0 Å². The third-order valence-electron chi connectivity index (χ3n) is 1.38. The topological polar surface area (TPSA) is 0 Å². The van der Waals surface area contributed by atoms with Crippen molar-refractivity contribution in [3.05, 3.63) is 0 Å². The van der Waals surface area contributed by atoms with Gasteiger partial charge in [-0.15, -0.1) is 0 Å². The zero-order chi connectivity index (χ0) is 6.95. The van der Waals surface area contributed by atoms with E-state index in [0.717, 1.165) is 0 Å². The lowest BCUT2D eigenvalue weighted by atomic mass is 9.76. The summed E-state index contributed by atoms with van der Waals surface area (Å²) in [4.78, 5) is 0. The number of hydrogen-bond acceptors (Lipinski definition) is 0. The molecule has 0 N–H and O–H groups in total. The fraction of sp³-hybridized carbons (Fsp3) is 1.00. The van der Waals surface area contributed by atoms with Crippen molar-refractivity contribution >= 4 is 23.2 Å². The molecular weight excluding hydrogens is 175 g/mol. The van der Waals surface area contributed by atoms with Crippen molar-refractivity contribution in [3.63, 3.8) is 0 Å². The first-order valence-electron chi connectivity index (χ1n) is 3.75. The fourth-order valence-electron chi connectivity index (χ4n) is 0.797. The number of unbranched alkanes of at least 4 members (excludes halogenated alkanes) is 3. The third-order valence-corrected chi connectivity index (χ3v) is 1.94. The second-order valence-corrected chi connectivity index (χ2v) is 3.09. The summed E-state index contributed by atoms with van der Waals surface area (Å²) in [6.45, 7) is 2.13. The van der Waals surface area contributed by atoms with Crippen molar-refractivity contribution in [2.45, 2.75) is 38.8 Å². The summed E-state index contributed by atoms with van der Waals surface area (Å²) in [7, 11) is 2.24. The minimum atomic E-state index is 1.17. The van der Waals surface area contributed by atoms with Gasteiger partial charge in [0.1, 0.15) is 7.28 Å². The molecule has 0 aromatic rings. The third kappa shape index (κ3) is 8.54. The first kappa shape index (κ1) is 9.54. The van der Waals surface area contributed by atoms with E-state index in [4.69, 9.17) is 0 Å². The van der Waals surface area contributed by atoms with Gasteiger partial charge in [0.25, 0.3) is 0 Å². The number of halogens is 1. The van der Waals surface area contributed by atoms with Gasteiger partial charge in [-0.3, -0.25) is 0 Å². The van der Waals surface area contributed by atoms with Crippen LogP contribution in [0.4, 0.5) is 0 Å². The summed E-state index contributed by atoms with van der Waals surface area (Å²) in [6, 6.07) is 0. The van der Waals surface area contributed by atoms with Crippen LogP contribution in [-0.4, -0.2) is 12.6 Å². The molecule has 0 aliphatic rings. The van der Waals surface area contributed by atoms with Gasteiger partial charge in [0.15, 0.2) is 0 Å².